The van der Waals surface area contributed by atoms with Gasteiger partial charge >= 0.3 is 5.51 Å². The summed E-state index contributed by atoms with van der Waals surface area (Å²) in [5, 5.41) is 5.29. The van der Waals surface area contributed by atoms with Crippen LogP contribution in [0.3, 0.4) is 0 Å². The zero-order valence-corrected chi connectivity index (χ0v) is 14.2. The average molecular weight is 382 g/mol. The van der Waals surface area contributed by atoms with Crippen LogP contribution < -0.4 is 15.4 Å². The molecule has 0 fully saturated rings. The van der Waals surface area contributed by atoms with Crippen LogP contribution in [0.5, 0.6) is 5.75 Å². The second-order valence-corrected chi connectivity index (χ2v) is 6.63. The molecule has 0 bridgehead atoms. The van der Waals surface area contributed by atoms with E-state index in [9.17, 15) is 22.8 Å². The molecule has 5 nitrogen and oxygen atoms in total. The van der Waals surface area contributed by atoms with Crippen LogP contribution in [-0.2, 0) is 4.79 Å². The molecular formula is C17H13F3N2O3S. The molecule has 2 N–H and O–H groups in total. The van der Waals surface area contributed by atoms with E-state index in [1.807, 2.05) is 0 Å². The fourth-order valence-corrected chi connectivity index (χ4v) is 2.84. The lowest BCUT2D eigenvalue weighted by atomic mass is 10.2. The zero-order chi connectivity index (χ0) is 18.9. The molecule has 136 valence electrons. The number of hydrogen-bond donors (Lipinski definition) is 2. The van der Waals surface area contributed by atoms with Gasteiger partial charge in [-0.05, 0) is 61.2 Å². The summed E-state index contributed by atoms with van der Waals surface area (Å²) in [4.78, 5) is 23.9. The Morgan fingerprint density at radius 3 is 2.54 bits per heavy atom. The topological polar surface area (TPSA) is 67.4 Å². The molecule has 1 unspecified atom stereocenters. The van der Waals surface area contributed by atoms with Crippen molar-refractivity contribution < 1.29 is 27.5 Å². The lowest BCUT2D eigenvalue weighted by Gasteiger charge is -2.23. The minimum absolute atomic E-state index is 0.00295. The van der Waals surface area contributed by atoms with E-state index in [0.29, 0.717) is 17.1 Å². The Kier molecular flexibility index (Phi) is 4.82. The van der Waals surface area contributed by atoms with Crippen LogP contribution in [0, 0.1) is 0 Å². The summed E-state index contributed by atoms with van der Waals surface area (Å²) in [6.45, 7) is 1.62. The smallest absolute Gasteiger partial charge is 0.446 e. The number of anilines is 2. The van der Waals surface area contributed by atoms with Crippen molar-refractivity contribution >= 4 is 35.0 Å². The molecule has 2 aromatic carbocycles. The first-order valence-electron chi connectivity index (χ1n) is 7.50. The number of alkyl halides is 3. The van der Waals surface area contributed by atoms with E-state index >= 15 is 0 Å². The number of carbonyl (C=O) groups is 2. The van der Waals surface area contributed by atoms with Crippen molar-refractivity contribution in [2.45, 2.75) is 23.4 Å². The summed E-state index contributed by atoms with van der Waals surface area (Å²) < 4.78 is 42.4. The number of amides is 2. The molecule has 1 aliphatic rings. The summed E-state index contributed by atoms with van der Waals surface area (Å²) in [5.41, 5.74) is -3.32. The summed E-state index contributed by atoms with van der Waals surface area (Å²) >= 11 is -0.245. The van der Waals surface area contributed by atoms with Crippen LogP contribution in [0.2, 0.25) is 0 Å². The fraction of sp³-hybridized carbons (Fsp3) is 0.176. The highest BCUT2D eigenvalue weighted by molar-refractivity contribution is 8.00. The van der Waals surface area contributed by atoms with Crippen molar-refractivity contribution in [2.24, 2.45) is 0 Å². The first-order valence-corrected chi connectivity index (χ1v) is 8.32. The number of rotatable bonds is 3. The van der Waals surface area contributed by atoms with Gasteiger partial charge < -0.3 is 15.4 Å². The molecular weight excluding hydrogens is 369 g/mol. The number of carbonyl (C=O) groups excluding carboxylic acids is 2. The van der Waals surface area contributed by atoms with E-state index in [1.54, 1.807) is 25.1 Å². The van der Waals surface area contributed by atoms with Crippen LogP contribution in [-0.4, -0.2) is 23.4 Å². The average Bonchev–Trinajstić information content (AvgIpc) is 2.55. The molecule has 1 heterocycles. The summed E-state index contributed by atoms with van der Waals surface area (Å²) in [6.07, 6.45) is -0.601. The third-order valence-electron chi connectivity index (χ3n) is 3.52. The Hall–Kier alpha value is -2.68. The van der Waals surface area contributed by atoms with Gasteiger partial charge in [-0.3, -0.25) is 9.59 Å². The molecule has 1 aliphatic heterocycles. The highest BCUT2D eigenvalue weighted by atomic mass is 32.2. The van der Waals surface area contributed by atoms with E-state index in [4.69, 9.17) is 4.74 Å². The normalized spacial score (nSPS) is 16.3. The largest absolute Gasteiger partial charge is 0.479 e. The molecule has 2 aromatic rings. The van der Waals surface area contributed by atoms with Crippen LogP contribution in [0.4, 0.5) is 24.5 Å². The van der Waals surface area contributed by atoms with Gasteiger partial charge in [-0.1, -0.05) is 0 Å². The molecule has 3 rings (SSSR count). The predicted octanol–water partition coefficient (Wildman–Crippen LogP) is 4.27. The summed E-state index contributed by atoms with van der Waals surface area (Å²) in [6, 6.07) is 9.86. The quantitative estimate of drug-likeness (QED) is 0.778. The maximum atomic E-state index is 12.3. The molecule has 9 heteroatoms. The van der Waals surface area contributed by atoms with Crippen molar-refractivity contribution in [3.63, 3.8) is 0 Å². The molecule has 2 amide bonds. The van der Waals surface area contributed by atoms with Crippen molar-refractivity contribution in [1.29, 1.82) is 0 Å². The van der Waals surface area contributed by atoms with E-state index in [-0.39, 0.29) is 28.1 Å². The van der Waals surface area contributed by atoms with Gasteiger partial charge in [0.05, 0.1) is 5.69 Å². The number of fused-ring (bicyclic) bond motifs is 1. The van der Waals surface area contributed by atoms with E-state index in [0.717, 1.165) is 0 Å². The van der Waals surface area contributed by atoms with Crippen LogP contribution in [0.25, 0.3) is 0 Å². The Bertz CT molecular complexity index is 853. The van der Waals surface area contributed by atoms with E-state index in [2.05, 4.69) is 10.6 Å². The molecule has 1 atom stereocenters. The van der Waals surface area contributed by atoms with Gasteiger partial charge in [0, 0.05) is 16.1 Å². The highest BCUT2D eigenvalue weighted by Crippen LogP contribution is 2.37. The predicted molar refractivity (Wildman–Crippen MR) is 91.5 cm³/mol. The van der Waals surface area contributed by atoms with Gasteiger partial charge in [0.15, 0.2) is 6.10 Å². The Morgan fingerprint density at radius 1 is 1.19 bits per heavy atom. The second-order valence-electron chi connectivity index (χ2n) is 5.49. The third-order valence-corrected chi connectivity index (χ3v) is 4.26. The van der Waals surface area contributed by atoms with Gasteiger partial charge in [-0.15, -0.1) is 0 Å². The van der Waals surface area contributed by atoms with Gasteiger partial charge in [0.2, 0.25) is 0 Å². The van der Waals surface area contributed by atoms with Gasteiger partial charge in [0.25, 0.3) is 11.8 Å². The number of halogens is 3. The lowest BCUT2D eigenvalue weighted by Crippen LogP contribution is -2.34. The third kappa shape index (κ3) is 4.29. The minimum atomic E-state index is -4.38. The molecule has 0 aliphatic carbocycles. The molecule has 0 saturated heterocycles. The van der Waals surface area contributed by atoms with E-state index in [1.165, 1.54) is 24.3 Å². The SMILES string of the molecule is CC1Oc2ccc(NC(=O)c3ccc(SC(F)(F)F)cc3)cc2NC1=O. The Morgan fingerprint density at radius 2 is 1.88 bits per heavy atom. The number of ether oxygens (including phenoxy) is 1. The first-order chi connectivity index (χ1) is 12.2. The molecule has 0 saturated carbocycles. The van der Waals surface area contributed by atoms with Crippen molar-refractivity contribution in [3.8, 4) is 5.75 Å². The number of hydrogen-bond acceptors (Lipinski definition) is 4. The first kappa shape index (κ1) is 18.1. The van der Waals surface area contributed by atoms with Crippen molar-refractivity contribution in [3.05, 3.63) is 48.0 Å². The lowest BCUT2D eigenvalue weighted by molar-refractivity contribution is -0.122. The zero-order valence-electron chi connectivity index (χ0n) is 13.4. The molecule has 0 spiro atoms. The van der Waals surface area contributed by atoms with Crippen LogP contribution >= 0.6 is 11.8 Å². The van der Waals surface area contributed by atoms with Gasteiger partial charge in [-0.25, -0.2) is 0 Å². The highest BCUT2D eigenvalue weighted by Gasteiger charge is 2.29. The molecule has 26 heavy (non-hydrogen) atoms. The van der Waals surface area contributed by atoms with Gasteiger partial charge in [-0.2, -0.15) is 13.2 Å². The Balaban J connectivity index is 1.70. The van der Waals surface area contributed by atoms with Crippen LogP contribution in [0.1, 0.15) is 17.3 Å². The van der Waals surface area contributed by atoms with Crippen LogP contribution in [0.15, 0.2) is 47.4 Å². The van der Waals surface area contributed by atoms with E-state index < -0.39 is 17.5 Å². The minimum Gasteiger partial charge on any atom is -0.479 e. The maximum Gasteiger partial charge on any atom is 0.446 e. The maximum absolute atomic E-state index is 12.3. The van der Waals surface area contributed by atoms with Gasteiger partial charge in [0.1, 0.15) is 5.75 Å². The fourth-order valence-electron chi connectivity index (χ4n) is 2.30. The standard InChI is InChI=1S/C17H13F3N2O3S/c1-9-15(23)22-13-8-11(4-7-14(13)25-9)21-16(24)10-2-5-12(6-3-10)26-17(18,19)20/h2-9H,1H3,(H,21,24)(H,22,23). The number of thioether (sulfide) groups is 1. The number of benzene rings is 2. The van der Waals surface area contributed by atoms with Crippen molar-refractivity contribution in [1.82, 2.24) is 0 Å². The Labute approximate surface area is 150 Å². The second kappa shape index (κ2) is 6.91. The monoisotopic (exact) mass is 382 g/mol. The summed E-state index contributed by atoms with van der Waals surface area (Å²) in [7, 11) is 0. The molecule has 0 aromatic heterocycles. The molecule has 0 radical (unpaired) electrons. The number of nitrogens with one attached hydrogen (secondary N) is 2. The summed E-state index contributed by atoms with van der Waals surface area (Å²) in [5.74, 6) is -0.285. The van der Waals surface area contributed by atoms with Crippen molar-refractivity contribution in [2.75, 3.05) is 10.6 Å².